The van der Waals surface area contributed by atoms with Gasteiger partial charge in [-0.1, -0.05) is 11.6 Å². The second-order valence-electron chi connectivity index (χ2n) is 2.56. The first-order valence-electron chi connectivity index (χ1n) is 4.13. The van der Waals surface area contributed by atoms with Crippen molar-refractivity contribution in [1.29, 1.82) is 0 Å². The minimum atomic E-state index is -0.643. The van der Waals surface area contributed by atoms with E-state index in [2.05, 4.69) is 4.99 Å². The van der Waals surface area contributed by atoms with Gasteiger partial charge in [-0.3, -0.25) is 5.87 Å². The first kappa shape index (κ1) is 12.0. The monoisotopic (exact) mass is 245 g/mol. The van der Waals surface area contributed by atoms with Crippen LogP contribution >= 0.6 is 23.2 Å². The molecule has 0 N–H and O–H groups in total. The van der Waals surface area contributed by atoms with E-state index in [0.29, 0.717) is 5.71 Å². The summed E-state index contributed by atoms with van der Waals surface area (Å²) in [7, 11) is 0. The Morgan fingerprint density at radius 1 is 1.67 bits per heavy atom. The smallest absolute Gasteiger partial charge is 0.358 e. The van der Waals surface area contributed by atoms with E-state index in [1.54, 1.807) is 6.92 Å². The number of aliphatic imine (C=N–C) groups is 1. The van der Waals surface area contributed by atoms with Gasteiger partial charge in [0, 0.05) is 5.57 Å². The van der Waals surface area contributed by atoms with Crippen molar-refractivity contribution in [3.63, 3.8) is 0 Å². The number of hydrogen-bond donors (Lipinski definition) is 0. The Kier molecular flexibility index (Phi) is 4.09. The van der Waals surface area contributed by atoms with Crippen LogP contribution in [0.5, 0.6) is 0 Å². The third-order valence-electron chi connectivity index (χ3n) is 1.67. The lowest BCUT2D eigenvalue weighted by Gasteiger charge is -1.99. The van der Waals surface area contributed by atoms with Crippen LogP contribution in [0.4, 0.5) is 0 Å². The summed E-state index contributed by atoms with van der Waals surface area (Å²) in [6.07, 6.45) is 0. The van der Waals surface area contributed by atoms with Gasteiger partial charge in [0.2, 0.25) is 0 Å². The molecule has 0 spiro atoms. The predicted molar refractivity (Wildman–Crippen MR) is 59.5 cm³/mol. The van der Waals surface area contributed by atoms with Crippen molar-refractivity contribution in [2.75, 3.05) is 12.5 Å². The Morgan fingerprint density at radius 2 is 2.33 bits per heavy atom. The van der Waals surface area contributed by atoms with Crippen LogP contribution in [0.3, 0.4) is 0 Å². The molecule has 1 aliphatic rings. The molecular formula is C9H7Cl2N2O2-. The molecule has 0 saturated carbocycles. The Bertz CT molecular complexity index is 406. The maximum Gasteiger partial charge on any atom is 0.358 e. The third kappa shape index (κ3) is 2.29. The van der Waals surface area contributed by atoms with Gasteiger partial charge >= 0.3 is 5.97 Å². The van der Waals surface area contributed by atoms with E-state index in [0.717, 1.165) is 0 Å². The number of nitrogens with zero attached hydrogens (tertiary/aromatic N) is 2. The highest BCUT2D eigenvalue weighted by Crippen LogP contribution is 2.28. The lowest BCUT2D eigenvalue weighted by atomic mass is 10.2. The third-order valence-corrected chi connectivity index (χ3v) is 2.29. The van der Waals surface area contributed by atoms with Crippen molar-refractivity contribution in [3.05, 3.63) is 21.7 Å². The minimum absolute atomic E-state index is 0.00611. The molecule has 0 saturated heterocycles. The summed E-state index contributed by atoms with van der Waals surface area (Å²) in [4.78, 5) is 15.2. The summed E-state index contributed by atoms with van der Waals surface area (Å²) in [6.45, 7) is 1.89. The van der Waals surface area contributed by atoms with Crippen molar-refractivity contribution in [3.8, 4) is 0 Å². The fourth-order valence-corrected chi connectivity index (χ4v) is 1.49. The zero-order valence-electron chi connectivity index (χ0n) is 7.88. The maximum atomic E-state index is 11.3. The minimum Gasteiger partial charge on any atom is -0.763 e. The average molecular weight is 246 g/mol. The van der Waals surface area contributed by atoms with Gasteiger partial charge in [-0.05, 0) is 6.92 Å². The molecule has 0 amide bonds. The molecule has 4 nitrogen and oxygen atoms in total. The molecule has 0 radical (unpaired) electrons. The van der Waals surface area contributed by atoms with Gasteiger partial charge < -0.3 is 10.1 Å². The van der Waals surface area contributed by atoms with Gasteiger partial charge in [0.15, 0.2) is 5.70 Å². The molecule has 0 atom stereocenters. The van der Waals surface area contributed by atoms with Crippen molar-refractivity contribution in [2.24, 2.45) is 4.99 Å². The first-order valence-corrected chi connectivity index (χ1v) is 5.05. The molecule has 0 aromatic rings. The lowest BCUT2D eigenvalue weighted by molar-refractivity contribution is -0.138. The highest BCUT2D eigenvalue weighted by Gasteiger charge is 2.26. The van der Waals surface area contributed by atoms with E-state index in [4.69, 9.17) is 33.3 Å². The number of halogens is 2. The number of esters is 1. The summed E-state index contributed by atoms with van der Waals surface area (Å²) in [5, 5.41) is 8.78. The van der Waals surface area contributed by atoms with Crippen LogP contribution in [0.25, 0.3) is 5.41 Å². The molecule has 1 rings (SSSR count). The normalized spacial score (nSPS) is 15.1. The quantitative estimate of drug-likeness (QED) is 0.433. The van der Waals surface area contributed by atoms with E-state index in [1.807, 2.05) is 5.87 Å². The van der Waals surface area contributed by atoms with Crippen LogP contribution in [0.2, 0.25) is 0 Å². The van der Waals surface area contributed by atoms with E-state index in [-0.39, 0.29) is 28.8 Å². The van der Waals surface area contributed by atoms with Crippen molar-refractivity contribution in [1.82, 2.24) is 0 Å². The van der Waals surface area contributed by atoms with Crippen molar-refractivity contribution >= 4 is 40.8 Å². The topological polar surface area (TPSA) is 61.0 Å². The zero-order valence-corrected chi connectivity index (χ0v) is 9.39. The van der Waals surface area contributed by atoms with Crippen LogP contribution < -0.4 is 0 Å². The molecule has 15 heavy (non-hydrogen) atoms. The number of rotatable bonds is 3. The summed E-state index contributed by atoms with van der Waals surface area (Å²) in [5.74, 6) is 1.23. The molecule has 6 heteroatoms. The number of hydrogen-bond acceptors (Lipinski definition) is 3. The molecule has 80 valence electrons. The number of carbonyl (C=O) groups excluding carboxylic acids is 1. The van der Waals surface area contributed by atoms with Crippen molar-refractivity contribution in [2.45, 2.75) is 6.92 Å². The van der Waals surface area contributed by atoms with E-state index in [9.17, 15) is 4.79 Å². The first-order chi connectivity index (χ1) is 7.15. The zero-order chi connectivity index (χ0) is 11.4. The van der Waals surface area contributed by atoms with Crippen LogP contribution in [-0.4, -0.2) is 30.0 Å². The van der Waals surface area contributed by atoms with E-state index in [1.165, 1.54) is 0 Å². The lowest BCUT2D eigenvalue weighted by Crippen LogP contribution is -2.05. The van der Waals surface area contributed by atoms with Gasteiger partial charge in [-0.15, -0.1) is 11.6 Å². The molecule has 0 aliphatic carbocycles. The van der Waals surface area contributed by atoms with Gasteiger partial charge in [0.25, 0.3) is 0 Å². The van der Waals surface area contributed by atoms with Gasteiger partial charge in [-0.25, -0.2) is 9.79 Å². The standard InChI is InChI=1S/C9H7Cl2N2O2/c1-2-15-9(14)8-7(11)5(4-12)6(3-10)13-8/h2-3H2,1H3/q-1. The van der Waals surface area contributed by atoms with Crippen molar-refractivity contribution < 1.29 is 9.53 Å². The molecule has 0 fully saturated rings. The Labute approximate surface area is 96.7 Å². The number of carbonyl (C=O) groups is 1. The molecule has 1 aliphatic heterocycles. The SMILES string of the molecule is CCOC(=O)C1=C(Cl)C(=C=[N-])C(CCl)=N1. The highest BCUT2D eigenvalue weighted by atomic mass is 35.5. The van der Waals surface area contributed by atoms with E-state index < -0.39 is 5.97 Å². The Balaban J connectivity index is 3.09. The highest BCUT2D eigenvalue weighted by molar-refractivity contribution is 6.45. The van der Waals surface area contributed by atoms with E-state index >= 15 is 0 Å². The fraction of sp³-hybridized carbons (Fsp3) is 0.333. The van der Waals surface area contributed by atoms with Crippen LogP contribution in [-0.2, 0) is 9.53 Å². The van der Waals surface area contributed by atoms with Crippen LogP contribution in [0.15, 0.2) is 21.3 Å². The van der Waals surface area contributed by atoms with Crippen LogP contribution in [0, 0.1) is 0 Å². The fourth-order valence-electron chi connectivity index (χ4n) is 1.03. The largest absolute Gasteiger partial charge is 0.763 e. The second kappa shape index (κ2) is 5.12. The summed E-state index contributed by atoms with van der Waals surface area (Å²) < 4.78 is 4.73. The Hall–Kier alpha value is -1.09. The molecule has 1 heterocycles. The average Bonchev–Trinajstić information content (AvgIpc) is 2.55. The van der Waals surface area contributed by atoms with Crippen LogP contribution in [0.1, 0.15) is 6.92 Å². The Morgan fingerprint density at radius 3 is 2.73 bits per heavy atom. The predicted octanol–water partition coefficient (Wildman–Crippen LogP) is 1.86. The number of alkyl halides is 1. The molecule has 0 bridgehead atoms. The maximum absolute atomic E-state index is 11.3. The summed E-state index contributed by atoms with van der Waals surface area (Å²) in [6, 6.07) is 0. The number of allylic oxidation sites excluding steroid dienone is 2. The van der Waals surface area contributed by atoms with Gasteiger partial charge in [0.1, 0.15) is 0 Å². The molecule has 0 aromatic heterocycles. The van der Waals surface area contributed by atoms with Gasteiger partial charge in [-0.2, -0.15) is 0 Å². The number of ether oxygens (including phenoxy) is 1. The molecular weight excluding hydrogens is 239 g/mol. The molecule has 0 aromatic carbocycles. The molecule has 0 unspecified atom stereocenters. The second-order valence-corrected chi connectivity index (χ2v) is 3.21. The van der Waals surface area contributed by atoms with Gasteiger partial charge in [0.05, 0.1) is 23.2 Å². The summed E-state index contributed by atoms with van der Waals surface area (Å²) in [5.41, 5.74) is 0.382. The summed E-state index contributed by atoms with van der Waals surface area (Å²) >= 11 is 11.3.